The minimum atomic E-state index is -4.36. The fourth-order valence-electron chi connectivity index (χ4n) is 5.15. The average Bonchev–Trinajstić information content (AvgIpc) is 2.94. The van der Waals surface area contributed by atoms with Crippen molar-refractivity contribution in [1.29, 1.82) is 0 Å². The highest BCUT2D eigenvalue weighted by Gasteiger charge is 2.32. The quantitative estimate of drug-likeness (QED) is 0.344. The van der Waals surface area contributed by atoms with E-state index in [4.69, 9.17) is 4.74 Å². The second kappa shape index (κ2) is 11.1. The van der Waals surface area contributed by atoms with Gasteiger partial charge in [0.2, 0.25) is 5.88 Å². The molecule has 0 saturated carbocycles. The number of piperidine rings is 1. The van der Waals surface area contributed by atoms with E-state index in [0.717, 1.165) is 47.0 Å². The molecule has 2 aliphatic rings. The number of halogens is 6. The van der Waals surface area contributed by atoms with Crippen molar-refractivity contribution in [2.24, 2.45) is 0 Å². The van der Waals surface area contributed by atoms with E-state index in [9.17, 15) is 26.3 Å². The third-order valence-corrected chi connectivity index (χ3v) is 7.43. The maximum absolute atomic E-state index is 12.9. The van der Waals surface area contributed by atoms with E-state index >= 15 is 0 Å². The lowest BCUT2D eigenvalue weighted by atomic mass is 10.1. The summed E-state index contributed by atoms with van der Waals surface area (Å²) < 4.78 is 83.4. The Morgan fingerprint density at radius 3 is 1.57 bits per heavy atom. The molecule has 0 amide bonds. The van der Waals surface area contributed by atoms with Gasteiger partial charge in [-0.15, -0.1) is 0 Å². The van der Waals surface area contributed by atoms with E-state index < -0.39 is 23.5 Å². The summed E-state index contributed by atoms with van der Waals surface area (Å²) in [6, 6.07) is 10.4. The van der Waals surface area contributed by atoms with Crippen LogP contribution in [0, 0.1) is 6.92 Å². The van der Waals surface area contributed by atoms with Crippen molar-refractivity contribution >= 4 is 17.2 Å². The number of piperazine rings is 1. The van der Waals surface area contributed by atoms with E-state index in [0.29, 0.717) is 58.0 Å². The lowest BCUT2D eigenvalue weighted by molar-refractivity contribution is -0.138. The number of rotatable bonds is 5. The Kier molecular flexibility index (Phi) is 7.70. The number of benzene rings is 2. The van der Waals surface area contributed by atoms with Gasteiger partial charge in [0.15, 0.2) is 0 Å². The second-order valence-electron chi connectivity index (χ2n) is 10.00. The summed E-state index contributed by atoms with van der Waals surface area (Å²) in [6.45, 7) is 5.76. The van der Waals surface area contributed by atoms with E-state index in [2.05, 4.69) is 24.7 Å². The van der Waals surface area contributed by atoms with Crippen LogP contribution >= 0.6 is 0 Å². The van der Waals surface area contributed by atoms with Crippen LogP contribution in [-0.2, 0) is 12.4 Å². The molecule has 3 aromatic rings. The van der Waals surface area contributed by atoms with E-state index in [1.165, 1.54) is 30.6 Å². The second-order valence-corrected chi connectivity index (χ2v) is 10.00. The van der Waals surface area contributed by atoms with Gasteiger partial charge >= 0.3 is 12.4 Å². The predicted molar refractivity (Wildman–Crippen MR) is 140 cm³/mol. The fourth-order valence-corrected chi connectivity index (χ4v) is 5.15. The molecule has 2 aromatic carbocycles. The molecule has 0 atom stereocenters. The maximum Gasteiger partial charge on any atom is 0.416 e. The standard InChI is InChI=1S/C28H29F6N5O/c1-19-25(39-16-14-38(15-17-39)23-8-4-21(5-9-23)28(32,33)34)35-18-36-26(19)40-24-10-12-37(13-11-24)22-6-2-20(3-7-22)27(29,30)31/h2-9,18,24H,10-17H2,1H3. The van der Waals surface area contributed by atoms with Gasteiger partial charge in [-0.2, -0.15) is 26.3 Å². The molecule has 5 rings (SSSR count). The number of nitrogens with zero attached hydrogens (tertiary/aromatic N) is 5. The monoisotopic (exact) mass is 565 g/mol. The van der Waals surface area contributed by atoms with E-state index in [-0.39, 0.29) is 6.10 Å². The van der Waals surface area contributed by atoms with Crippen molar-refractivity contribution in [1.82, 2.24) is 9.97 Å². The zero-order valence-corrected chi connectivity index (χ0v) is 21.8. The van der Waals surface area contributed by atoms with Gasteiger partial charge in [-0.3, -0.25) is 0 Å². The zero-order chi connectivity index (χ0) is 28.5. The first-order valence-corrected chi connectivity index (χ1v) is 13.1. The van der Waals surface area contributed by atoms with Gasteiger partial charge < -0.3 is 19.4 Å². The van der Waals surface area contributed by atoms with Gasteiger partial charge in [0, 0.05) is 63.5 Å². The van der Waals surface area contributed by atoms with Crippen molar-refractivity contribution in [3.63, 3.8) is 0 Å². The van der Waals surface area contributed by atoms with Gasteiger partial charge in [-0.25, -0.2) is 9.97 Å². The number of hydrogen-bond donors (Lipinski definition) is 0. The lowest BCUT2D eigenvalue weighted by Gasteiger charge is -2.37. The van der Waals surface area contributed by atoms with Gasteiger partial charge in [-0.1, -0.05) is 0 Å². The Morgan fingerprint density at radius 1 is 0.650 bits per heavy atom. The minimum Gasteiger partial charge on any atom is -0.474 e. The molecule has 0 bridgehead atoms. The highest BCUT2D eigenvalue weighted by atomic mass is 19.4. The summed E-state index contributed by atoms with van der Waals surface area (Å²) in [5, 5.41) is 0. The van der Waals surface area contributed by atoms with Crippen LogP contribution in [0.5, 0.6) is 5.88 Å². The molecule has 0 N–H and O–H groups in total. The summed E-state index contributed by atoms with van der Waals surface area (Å²) in [5.74, 6) is 1.27. The lowest BCUT2D eigenvalue weighted by Crippen LogP contribution is -2.47. The van der Waals surface area contributed by atoms with Gasteiger partial charge in [0.25, 0.3) is 0 Å². The van der Waals surface area contributed by atoms with Crippen LogP contribution in [-0.4, -0.2) is 55.3 Å². The van der Waals surface area contributed by atoms with E-state index in [1.54, 1.807) is 0 Å². The highest BCUT2D eigenvalue weighted by molar-refractivity contribution is 5.54. The van der Waals surface area contributed by atoms with Crippen LogP contribution in [0.2, 0.25) is 0 Å². The van der Waals surface area contributed by atoms with Gasteiger partial charge in [-0.05, 0) is 55.5 Å². The smallest absolute Gasteiger partial charge is 0.416 e. The molecule has 2 aliphatic heterocycles. The van der Waals surface area contributed by atoms with Crippen molar-refractivity contribution in [2.45, 2.75) is 38.2 Å². The Morgan fingerprint density at radius 2 is 1.10 bits per heavy atom. The number of alkyl halides is 6. The van der Waals surface area contributed by atoms with Gasteiger partial charge in [0.1, 0.15) is 18.2 Å². The van der Waals surface area contributed by atoms with Crippen LogP contribution in [0.3, 0.4) is 0 Å². The molecule has 1 aromatic heterocycles. The molecule has 0 unspecified atom stereocenters. The Balaban J connectivity index is 1.16. The number of ether oxygens (including phenoxy) is 1. The normalized spacial score (nSPS) is 17.3. The van der Waals surface area contributed by atoms with Crippen molar-refractivity contribution in [3.8, 4) is 5.88 Å². The molecule has 40 heavy (non-hydrogen) atoms. The topological polar surface area (TPSA) is 44.7 Å². The third-order valence-electron chi connectivity index (χ3n) is 7.43. The van der Waals surface area contributed by atoms with Crippen LogP contribution in [0.25, 0.3) is 0 Å². The molecule has 3 heterocycles. The summed E-state index contributed by atoms with van der Waals surface area (Å²) >= 11 is 0. The highest BCUT2D eigenvalue weighted by Crippen LogP contribution is 2.33. The van der Waals surface area contributed by atoms with E-state index in [1.807, 2.05) is 6.92 Å². The van der Waals surface area contributed by atoms with Crippen LogP contribution in [0.1, 0.15) is 29.5 Å². The first-order chi connectivity index (χ1) is 19.0. The first-order valence-electron chi connectivity index (χ1n) is 13.1. The van der Waals surface area contributed by atoms with Crippen LogP contribution < -0.4 is 19.4 Å². The number of anilines is 3. The Bertz CT molecular complexity index is 1280. The van der Waals surface area contributed by atoms with Gasteiger partial charge in [0.05, 0.1) is 16.7 Å². The molecule has 0 aliphatic carbocycles. The first kappa shape index (κ1) is 27.9. The average molecular weight is 566 g/mol. The zero-order valence-electron chi connectivity index (χ0n) is 21.8. The fraction of sp³-hybridized carbons (Fsp3) is 0.429. The van der Waals surface area contributed by atoms with Crippen LogP contribution in [0.15, 0.2) is 54.9 Å². The molecule has 12 heteroatoms. The summed E-state index contributed by atoms with van der Waals surface area (Å²) in [6.07, 6.45) is -5.92. The summed E-state index contributed by atoms with van der Waals surface area (Å²) in [4.78, 5) is 15.0. The SMILES string of the molecule is Cc1c(OC2CCN(c3ccc(C(F)(F)F)cc3)CC2)ncnc1N1CCN(c2ccc(C(F)(F)F)cc2)CC1. The predicted octanol–water partition coefficient (Wildman–Crippen LogP) is 6.20. The number of hydrogen-bond acceptors (Lipinski definition) is 6. The number of aromatic nitrogens is 2. The van der Waals surface area contributed by atoms with Crippen molar-refractivity contribution < 1.29 is 31.1 Å². The molecule has 6 nitrogen and oxygen atoms in total. The molecule has 2 fully saturated rings. The maximum atomic E-state index is 12.9. The van der Waals surface area contributed by atoms with Crippen molar-refractivity contribution in [3.05, 3.63) is 71.5 Å². The summed E-state index contributed by atoms with van der Waals surface area (Å²) in [5.41, 5.74) is 0.992. The molecular formula is C28H29F6N5O. The molecule has 0 spiro atoms. The Hall–Kier alpha value is -3.70. The largest absolute Gasteiger partial charge is 0.474 e. The molecular weight excluding hydrogens is 536 g/mol. The van der Waals surface area contributed by atoms with Crippen molar-refractivity contribution in [2.75, 3.05) is 54.0 Å². The molecule has 2 saturated heterocycles. The molecule has 214 valence electrons. The minimum absolute atomic E-state index is 0.0799. The molecule has 0 radical (unpaired) electrons. The Labute approximate surface area is 228 Å². The van der Waals surface area contributed by atoms with Crippen LogP contribution in [0.4, 0.5) is 43.5 Å². The summed E-state index contributed by atoms with van der Waals surface area (Å²) in [7, 11) is 0. The third kappa shape index (κ3) is 6.20.